The van der Waals surface area contributed by atoms with E-state index in [1.807, 2.05) is 6.26 Å². The molecule has 10 heteroatoms. The maximum absolute atomic E-state index is 14.0. The quantitative estimate of drug-likeness (QED) is 0.589. The van der Waals surface area contributed by atoms with Crippen LogP contribution in [-0.4, -0.2) is 88.1 Å². The number of thioether (sulfide) groups is 1. The molecule has 7 nitrogen and oxygen atoms in total. The van der Waals surface area contributed by atoms with Gasteiger partial charge in [-0.2, -0.15) is 16.5 Å². The van der Waals surface area contributed by atoms with Crippen LogP contribution in [-0.2, 0) is 19.6 Å². The monoisotopic (exact) mass is 473 g/mol. The summed E-state index contributed by atoms with van der Waals surface area (Å²) < 4.78 is 47.4. The van der Waals surface area contributed by atoms with E-state index in [2.05, 4.69) is 9.62 Å². The van der Waals surface area contributed by atoms with Crippen molar-refractivity contribution in [2.75, 3.05) is 57.9 Å². The maximum Gasteiger partial charge on any atom is 0.244 e. The van der Waals surface area contributed by atoms with Gasteiger partial charge in [0.15, 0.2) is 0 Å². The number of halogens is 1. The Balaban J connectivity index is 1.60. The van der Waals surface area contributed by atoms with E-state index in [1.165, 1.54) is 18.2 Å². The fourth-order valence-electron chi connectivity index (χ4n) is 4.09. The predicted molar refractivity (Wildman–Crippen MR) is 120 cm³/mol. The van der Waals surface area contributed by atoms with Gasteiger partial charge in [0, 0.05) is 32.7 Å². The molecule has 0 radical (unpaired) electrons. The summed E-state index contributed by atoms with van der Waals surface area (Å²) in [6.07, 6.45) is 4.07. The molecular weight excluding hydrogens is 441 g/mol. The molecule has 2 aliphatic rings. The third kappa shape index (κ3) is 6.89. The summed E-state index contributed by atoms with van der Waals surface area (Å²) in [5.41, 5.74) is 0. The molecule has 2 aliphatic heterocycles. The third-order valence-corrected chi connectivity index (χ3v) is 8.03. The first-order valence-electron chi connectivity index (χ1n) is 10.8. The van der Waals surface area contributed by atoms with Crippen LogP contribution in [0, 0.1) is 11.7 Å². The van der Waals surface area contributed by atoms with Gasteiger partial charge in [0.2, 0.25) is 15.9 Å². The first kappa shape index (κ1) is 24.4. The van der Waals surface area contributed by atoms with Gasteiger partial charge in [-0.3, -0.25) is 9.69 Å². The lowest BCUT2D eigenvalue weighted by atomic mass is 9.95. The molecule has 0 aliphatic carbocycles. The molecular formula is C21H32FN3O4S2. The van der Waals surface area contributed by atoms with E-state index in [0.29, 0.717) is 31.2 Å². The van der Waals surface area contributed by atoms with Crippen LogP contribution in [0.3, 0.4) is 0 Å². The average molecular weight is 474 g/mol. The smallest absolute Gasteiger partial charge is 0.244 e. The summed E-state index contributed by atoms with van der Waals surface area (Å²) in [6, 6.07) is 4.33. The number of carbonyl (C=O) groups excluding carboxylic acids is 1. The molecule has 1 unspecified atom stereocenters. The van der Waals surface area contributed by atoms with Gasteiger partial charge in [-0.1, -0.05) is 12.1 Å². The summed E-state index contributed by atoms with van der Waals surface area (Å²) >= 11 is 1.54. The van der Waals surface area contributed by atoms with Crippen LogP contribution >= 0.6 is 11.8 Å². The molecule has 31 heavy (non-hydrogen) atoms. The molecule has 0 saturated carbocycles. The third-order valence-electron chi connectivity index (χ3n) is 5.88. The number of sulfonamides is 1. The van der Waals surface area contributed by atoms with Gasteiger partial charge >= 0.3 is 0 Å². The Kier molecular flexibility index (Phi) is 9.15. The van der Waals surface area contributed by atoms with E-state index < -0.39 is 26.8 Å². The van der Waals surface area contributed by atoms with Crippen LogP contribution in [0.5, 0.6) is 0 Å². The van der Waals surface area contributed by atoms with Crippen molar-refractivity contribution in [3.8, 4) is 0 Å². The number of morpholine rings is 1. The van der Waals surface area contributed by atoms with Crippen LogP contribution in [0.25, 0.3) is 0 Å². The number of piperidine rings is 1. The van der Waals surface area contributed by atoms with Gasteiger partial charge in [-0.25, -0.2) is 12.8 Å². The first-order valence-corrected chi connectivity index (χ1v) is 13.6. The summed E-state index contributed by atoms with van der Waals surface area (Å²) in [4.78, 5) is 16.9. The van der Waals surface area contributed by atoms with Crippen molar-refractivity contribution < 1.29 is 22.3 Å². The van der Waals surface area contributed by atoms with E-state index in [-0.39, 0.29) is 5.91 Å². The minimum absolute atomic E-state index is 0.223. The van der Waals surface area contributed by atoms with Crippen molar-refractivity contribution in [3.63, 3.8) is 0 Å². The van der Waals surface area contributed by atoms with Crippen LogP contribution in [0.4, 0.5) is 4.39 Å². The number of benzene rings is 1. The molecule has 1 atom stereocenters. The second-order valence-corrected chi connectivity index (χ2v) is 10.7. The molecule has 2 saturated heterocycles. The Morgan fingerprint density at radius 3 is 2.55 bits per heavy atom. The van der Waals surface area contributed by atoms with Gasteiger partial charge in [-0.05, 0) is 49.3 Å². The van der Waals surface area contributed by atoms with Crippen molar-refractivity contribution in [3.05, 3.63) is 30.1 Å². The molecule has 1 amide bonds. The molecule has 3 rings (SSSR count). The van der Waals surface area contributed by atoms with Crippen molar-refractivity contribution in [2.24, 2.45) is 5.92 Å². The zero-order valence-electron chi connectivity index (χ0n) is 18.0. The van der Waals surface area contributed by atoms with Gasteiger partial charge in [-0.15, -0.1) is 0 Å². The van der Waals surface area contributed by atoms with Crippen LogP contribution < -0.4 is 4.72 Å². The van der Waals surface area contributed by atoms with Crippen molar-refractivity contribution in [2.45, 2.75) is 30.2 Å². The fourth-order valence-corrected chi connectivity index (χ4v) is 5.86. The molecule has 2 fully saturated rings. The lowest BCUT2D eigenvalue weighted by molar-refractivity contribution is -0.134. The van der Waals surface area contributed by atoms with Gasteiger partial charge in [0.1, 0.15) is 16.8 Å². The topological polar surface area (TPSA) is 79.0 Å². The number of hydrogen-bond acceptors (Lipinski definition) is 6. The van der Waals surface area contributed by atoms with Gasteiger partial charge in [0.05, 0.1) is 13.2 Å². The molecule has 0 aromatic heterocycles. The largest absolute Gasteiger partial charge is 0.379 e. The van der Waals surface area contributed by atoms with Crippen LogP contribution in [0.15, 0.2) is 29.2 Å². The molecule has 1 aromatic rings. The molecule has 1 N–H and O–H groups in total. The Morgan fingerprint density at radius 1 is 1.23 bits per heavy atom. The highest BCUT2D eigenvalue weighted by Gasteiger charge is 2.32. The SMILES string of the molecule is CSCCC(NS(=O)(=O)c1ccccc1F)C(=O)N1CCC(CN2CCOCC2)CC1. The molecule has 0 spiro atoms. The second kappa shape index (κ2) is 11.6. The van der Waals surface area contributed by atoms with Crippen molar-refractivity contribution in [1.29, 1.82) is 0 Å². The average Bonchev–Trinajstić information content (AvgIpc) is 2.77. The summed E-state index contributed by atoms with van der Waals surface area (Å²) in [6.45, 7) is 5.70. The van der Waals surface area contributed by atoms with E-state index >= 15 is 0 Å². The number of rotatable bonds is 9. The first-order chi connectivity index (χ1) is 14.9. The number of nitrogens with zero attached hydrogens (tertiary/aromatic N) is 2. The van der Waals surface area contributed by atoms with E-state index in [0.717, 1.165) is 51.8 Å². The lowest BCUT2D eigenvalue weighted by Crippen LogP contribution is -2.51. The molecule has 1 aromatic carbocycles. The van der Waals surface area contributed by atoms with Gasteiger partial charge in [0.25, 0.3) is 0 Å². The number of carbonyl (C=O) groups is 1. The molecule has 174 valence electrons. The highest BCUT2D eigenvalue weighted by molar-refractivity contribution is 7.98. The fraction of sp³-hybridized carbons (Fsp3) is 0.667. The Labute approximate surface area is 188 Å². The minimum atomic E-state index is -4.13. The highest BCUT2D eigenvalue weighted by atomic mass is 32.2. The second-order valence-electron chi connectivity index (χ2n) is 8.07. The number of amides is 1. The summed E-state index contributed by atoms with van der Waals surface area (Å²) in [7, 11) is -4.13. The number of hydrogen-bond donors (Lipinski definition) is 1. The normalized spacial score (nSPS) is 20.0. The summed E-state index contributed by atoms with van der Waals surface area (Å²) in [5.74, 6) is 0.111. The van der Waals surface area contributed by atoms with Gasteiger partial charge < -0.3 is 9.64 Å². The Bertz CT molecular complexity index is 826. The van der Waals surface area contributed by atoms with Crippen LogP contribution in [0.1, 0.15) is 19.3 Å². The van der Waals surface area contributed by atoms with E-state index in [9.17, 15) is 17.6 Å². The van der Waals surface area contributed by atoms with E-state index in [1.54, 1.807) is 16.7 Å². The van der Waals surface area contributed by atoms with Crippen LogP contribution in [0.2, 0.25) is 0 Å². The zero-order valence-corrected chi connectivity index (χ0v) is 19.6. The standard InChI is InChI=1S/C21H32FN3O4S2/c1-30-15-8-19(23-31(27,28)20-5-3-2-4-18(20)22)21(26)25-9-6-17(7-10-25)16-24-11-13-29-14-12-24/h2-5,17,19,23H,6-16H2,1H3. The van der Waals surface area contributed by atoms with Crippen molar-refractivity contribution >= 4 is 27.7 Å². The Hall–Kier alpha value is -1.20. The minimum Gasteiger partial charge on any atom is -0.379 e. The van der Waals surface area contributed by atoms with E-state index in [4.69, 9.17) is 4.74 Å². The Morgan fingerprint density at radius 2 is 1.90 bits per heavy atom. The summed E-state index contributed by atoms with van der Waals surface area (Å²) in [5, 5.41) is 0. The number of ether oxygens (including phenoxy) is 1. The molecule has 0 bridgehead atoms. The number of nitrogens with one attached hydrogen (secondary N) is 1. The number of likely N-dealkylation sites (tertiary alicyclic amines) is 1. The maximum atomic E-state index is 14.0. The zero-order chi connectivity index (χ0) is 22.3. The highest BCUT2D eigenvalue weighted by Crippen LogP contribution is 2.21. The molecule has 2 heterocycles. The predicted octanol–water partition coefficient (Wildman–Crippen LogP) is 1.80. The lowest BCUT2D eigenvalue weighted by Gasteiger charge is -2.37. The van der Waals surface area contributed by atoms with Crippen molar-refractivity contribution in [1.82, 2.24) is 14.5 Å².